The van der Waals surface area contributed by atoms with Crippen molar-refractivity contribution >= 4 is 34.8 Å². The Kier molecular flexibility index (Phi) is 7.97. The number of benzene rings is 2. The number of fused-ring (bicyclic) bond motifs is 2. The molecule has 2 heterocycles. The van der Waals surface area contributed by atoms with E-state index in [0.29, 0.717) is 29.2 Å². The Morgan fingerprint density at radius 1 is 1.22 bits per heavy atom. The van der Waals surface area contributed by atoms with Gasteiger partial charge in [-0.2, -0.15) is 0 Å². The molecule has 1 unspecified atom stereocenters. The van der Waals surface area contributed by atoms with E-state index in [2.05, 4.69) is 32.2 Å². The Morgan fingerprint density at radius 2 is 2.06 bits per heavy atom. The minimum atomic E-state index is -0.399. The van der Waals surface area contributed by atoms with Gasteiger partial charge < -0.3 is 30.9 Å². The van der Waals surface area contributed by atoms with Crippen molar-refractivity contribution in [1.82, 2.24) is 10.6 Å². The number of hydrogen-bond donors (Lipinski definition) is 4. The van der Waals surface area contributed by atoms with Gasteiger partial charge >= 0.3 is 0 Å². The van der Waals surface area contributed by atoms with Crippen LogP contribution in [-0.4, -0.2) is 56.0 Å². The minimum Gasteiger partial charge on any atom is -0.484 e. The molecule has 2 aliphatic heterocycles. The van der Waals surface area contributed by atoms with Gasteiger partial charge in [-0.05, 0) is 63.8 Å². The zero-order valence-electron chi connectivity index (χ0n) is 21.1. The molecule has 1 atom stereocenters. The molecule has 9 heteroatoms. The Morgan fingerprint density at radius 3 is 2.86 bits per heavy atom. The molecule has 192 valence electrons. The fourth-order valence-electron chi connectivity index (χ4n) is 4.56. The number of carbonyl (C=O) groups excluding carboxylic acids is 3. The average molecular weight is 494 g/mol. The third kappa shape index (κ3) is 6.08. The fourth-order valence-corrected chi connectivity index (χ4v) is 4.56. The summed E-state index contributed by atoms with van der Waals surface area (Å²) in [6.45, 7) is 7.85. The molecule has 0 saturated heterocycles. The molecule has 3 amide bonds. The molecule has 36 heavy (non-hydrogen) atoms. The second-order valence-electron chi connectivity index (χ2n) is 9.58. The average Bonchev–Trinajstić information content (AvgIpc) is 2.85. The van der Waals surface area contributed by atoms with E-state index in [1.165, 1.54) is 5.56 Å². The van der Waals surface area contributed by atoms with E-state index < -0.39 is 6.04 Å². The Bertz CT molecular complexity index is 1130. The van der Waals surface area contributed by atoms with Crippen LogP contribution < -0.4 is 30.9 Å². The van der Waals surface area contributed by atoms with Gasteiger partial charge in [0.2, 0.25) is 5.91 Å². The van der Waals surface area contributed by atoms with Crippen LogP contribution in [0.4, 0.5) is 17.1 Å². The summed E-state index contributed by atoms with van der Waals surface area (Å²) in [6.07, 6.45) is 2.86. The van der Waals surface area contributed by atoms with Gasteiger partial charge in [-0.25, -0.2) is 0 Å². The Labute approximate surface area is 212 Å². The zero-order valence-corrected chi connectivity index (χ0v) is 21.1. The maximum Gasteiger partial charge on any atom is 0.258 e. The van der Waals surface area contributed by atoms with Gasteiger partial charge in [-0.1, -0.05) is 12.1 Å². The smallest absolute Gasteiger partial charge is 0.258 e. The monoisotopic (exact) mass is 493 g/mol. The van der Waals surface area contributed by atoms with Crippen molar-refractivity contribution in [2.24, 2.45) is 0 Å². The highest BCUT2D eigenvalue weighted by atomic mass is 16.5. The van der Waals surface area contributed by atoms with Gasteiger partial charge in [0.05, 0.1) is 16.9 Å². The lowest BCUT2D eigenvalue weighted by molar-refractivity contribution is -0.123. The molecule has 0 radical (unpaired) electrons. The zero-order chi connectivity index (χ0) is 25.7. The normalized spacial score (nSPS) is 16.4. The third-order valence-corrected chi connectivity index (χ3v) is 6.30. The van der Waals surface area contributed by atoms with Crippen molar-refractivity contribution in [3.05, 3.63) is 47.5 Å². The van der Waals surface area contributed by atoms with E-state index in [4.69, 9.17) is 4.74 Å². The highest BCUT2D eigenvalue weighted by Gasteiger charge is 2.25. The lowest BCUT2D eigenvalue weighted by atomic mass is 10.0. The number of rotatable bonds is 9. The first kappa shape index (κ1) is 25.3. The highest BCUT2D eigenvalue weighted by molar-refractivity contribution is 6.09. The van der Waals surface area contributed by atoms with E-state index in [-0.39, 0.29) is 30.4 Å². The predicted octanol–water partition coefficient (Wildman–Crippen LogP) is 2.92. The molecule has 0 bridgehead atoms. The number of para-hydroxylation sites is 1. The predicted molar refractivity (Wildman–Crippen MR) is 141 cm³/mol. The summed E-state index contributed by atoms with van der Waals surface area (Å²) in [5, 5.41) is 11.8. The molecule has 9 nitrogen and oxygen atoms in total. The number of nitrogens with zero attached hydrogens (tertiary/aromatic N) is 1. The van der Waals surface area contributed by atoms with Crippen LogP contribution in [0.2, 0.25) is 0 Å². The summed E-state index contributed by atoms with van der Waals surface area (Å²) in [4.78, 5) is 39.0. The molecule has 0 saturated carbocycles. The summed E-state index contributed by atoms with van der Waals surface area (Å²) in [7, 11) is 0. The number of carbonyl (C=O) groups is 3. The minimum absolute atomic E-state index is 0.0104. The number of aryl methyl sites for hydroxylation is 1. The molecule has 0 aliphatic carbocycles. The maximum absolute atomic E-state index is 12.9. The highest BCUT2D eigenvalue weighted by Crippen LogP contribution is 2.32. The Balaban J connectivity index is 1.31. The SMILES string of the molecule is CC(C)NC(=O)COc1ccc2c(c1)N(CCCNC(=O)c1cccc3c1NC(C)C(=O)N3)CCC2. The summed E-state index contributed by atoms with van der Waals surface area (Å²) >= 11 is 0. The number of nitrogens with one attached hydrogen (secondary N) is 4. The lowest BCUT2D eigenvalue weighted by Gasteiger charge is -2.32. The molecule has 0 spiro atoms. The molecule has 0 aromatic heterocycles. The second-order valence-corrected chi connectivity index (χ2v) is 9.58. The molecular formula is C27H35N5O4. The number of amides is 3. The van der Waals surface area contributed by atoms with Gasteiger partial charge in [-0.15, -0.1) is 0 Å². The first-order valence-electron chi connectivity index (χ1n) is 12.6. The van der Waals surface area contributed by atoms with Crippen LogP contribution in [0.15, 0.2) is 36.4 Å². The van der Waals surface area contributed by atoms with Gasteiger partial charge in [0.15, 0.2) is 6.61 Å². The number of anilines is 3. The van der Waals surface area contributed by atoms with E-state index in [0.717, 1.165) is 38.0 Å². The first-order valence-corrected chi connectivity index (χ1v) is 12.6. The van der Waals surface area contributed by atoms with Crippen LogP contribution >= 0.6 is 0 Å². The van der Waals surface area contributed by atoms with Crippen LogP contribution in [0.25, 0.3) is 0 Å². The van der Waals surface area contributed by atoms with Crippen LogP contribution in [0, 0.1) is 0 Å². The summed E-state index contributed by atoms with van der Waals surface area (Å²) in [6, 6.07) is 11.0. The third-order valence-electron chi connectivity index (χ3n) is 6.30. The molecule has 4 rings (SSSR count). The number of hydrogen-bond acceptors (Lipinski definition) is 6. The van der Waals surface area contributed by atoms with Crippen molar-refractivity contribution < 1.29 is 19.1 Å². The molecule has 4 N–H and O–H groups in total. The molecular weight excluding hydrogens is 458 g/mol. The lowest BCUT2D eigenvalue weighted by Crippen LogP contribution is -2.38. The van der Waals surface area contributed by atoms with Crippen molar-refractivity contribution in [2.75, 3.05) is 41.8 Å². The van der Waals surface area contributed by atoms with Gasteiger partial charge in [0.1, 0.15) is 11.8 Å². The second kappa shape index (κ2) is 11.3. The standard InChI is InChI=1S/C27H35N5O4/c1-17(2)29-24(33)16-36-20-11-10-19-7-5-13-32(23(19)15-20)14-6-12-28-27(35)21-8-4-9-22-25(21)30-18(3)26(34)31-22/h4,8-11,15,17-18,30H,5-7,12-14,16H2,1-3H3,(H,28,35)(H,29,33)(H,31,34). The molecule has 2 aromatic carbocycles. The quantitative estimate of drug-likeness (QED) is 0.400. The van der Waals surface area contributed by atoms with E-state index in [1.54, 1.807) is 25.1 Å². The van der Waals surface area contributed by atoms with Crippen LogP contribution in [0.1, 0.15) is 49.5 Å². The fraction of sp³-hybridized carbons (Fsp3) is 0.444. The van der Waals surface area contributed by atoms with E-state index >= 15 is 0 Å². The maximum atomic E-state index is 12.9. The van der Waals surface area contributed by atoms with Crippen molar-refractivity contribution in [3.63, 3.8) is 0 Å². The molecule has 2 aliphatic rings. The van der Waals surface area contributed by atoms with Crippen LogP contribution in [-0.2, 0) is 16.0 Å². The topological polar surface area (TPSA) is 112 Å². The largest absolute Gasteiger partial charge is 0.484 e. The first-order chi connectivity index (χ1) is 17.3. The van der Waals surface area contributed by atoms with Crippen molar-refractivity contribution in [1.29, 1.82) is 0 Å². The van der Waals surface area contributed by atoms with Gasteiger partial charge in [0.25, 0.3) is 11.8 Å². The molecule has 2 aromatic rings. The molecule has 0 fully saturated rings. The summed E-state index contributed by atoms with van der Waals surface area (Å²) in [5.41, 5.74) is 4.19. The van der Waals surface area contributed by atoms with E-state index in [9.17, 15) is 14.4 Å². The van der Waals surface area contributed by atoms with Gasteiger partial charge in [-0.3, -0.25) is 14.4 Å². The summed E-state index contributed by atoms with van der Waals surface area (Å²) < 4.78 is 5.72. The van der Waals surface area contributed by atoms with Gasteiger partial charge in [0, 0.05) is 37.4 Å². The Hall–Kier alpha value is -3.75. The summed E-state index contributed by atoms with van der Waals surface area (Å²) in [5.74, 6) is 0.254. The van der Waals surface area contributed by atoms with Crippen molar-refractivity contribution in [2.45, 2.75) is 52.1 Å². The van der Waals surface area contributed by atoms with Crippen LogP contribution in [0.3, 0.4) is 0 Å². The number of ether oxygens (including phenoxy) is 1. The van der Waals surface area contributed by atoms with Crippen LogP contribution in [0.5, 0.6) is 5.75 Å². The van der Waals surface area contributed by atoms with Crippen molar-refractivity contribution in [3.8, 4) is 5.75 Å². The van der Waals surface area contributed by atoms with E-state index in [1.807, 2.05) is 26.0 Å².